The van der Waals surface area contributed by atoms with Crippen molar-refractivity contribution in [1.29, 1.82) is 0 Å². The second-order valence-corrected chi connectivity index (χ2v) is 6.29. The van der Waals surface area contributed by atoms with Crippen molar-refractivity contribution in [3.63, 3.8) is 0 Å². The standard InChI is InChI=1S/C13H20N4O3S/c14-11-7-10(17-3-6-21-9-13(17,18)19)8-15-12(11)16-1-4-20-5-2-16/h7-8,18-19H,1-6,9,14H2. The molecule has 0 spiro atoms. The first-order valence-electron chi connectivity index (χ1n) is 6.96. The van der Waals surface area contributed by atoms with Crippen LogP contribution >= 0.6 is 11.8 Å². The molecule has 21 heavy (non-hydrogen) atoms. The smallest absolute Gasteiger partial charge is 0.256 e. The Balaban J connectivity index is 1.83. The van der Waals surface area contributed by atoms with E-state index in [1.807, 2.05) is 0 Å². The van der Waals surface area contributed by atoms with Crippen molar-refractivity contribution < 1.29 is 14.9 Å². The molecule has 116 valence electrons. The molecule has 2 aliphatic heterocycles. The van der Waals surface area contributed by atoms with Gasteiger partial charge >= 0.3 is 0 Å². The number of thioether (sulfide) groups is 1. The lowest BCUT2D eigenvalue weighted by molar-refractivity contribution is -0.141. The summed E-state index contributed by atoms with van der Waals surface area (Å²) in [6.07, 6.45) is 1.65. The van der Waals surface area contributed by atoms with Crippen molar-refractivity contribution in [2.45, 2.75) is 5.91 Å². The highest BCUT2D eigenvalue weighted by molar-refractivity contribution is 7.99. The summed E-state index contributed by atoms with van der Waals surface area (Å²) in [5.74, 6) is -0.0289. The number of hydrogen-bond acceptors (Lipinski definition) is 8. The number of pyridine rings is 1. The summed E-state index contributed by atoms with van der Waals surface area (Å²) < 4.78 is 5.32. The molecule has 0 atom stereocenters. The van der Waals surface area contributed by atoms with Crippen LogP contribution in [0.5, 0.6) is 0 Å². The first kappa shape index (κ1) is 14.7. The van der Waals surface area contributed by atoms with Crippen molar-refractivity contribution in [3.05, 3.63) is 12.3 Å². The van der Waals surface area contributed by atoms with Crippen molar-refractivity contribution in [3.8, 4) is 0 Å². The Morgan fingerprint density at radius 1 is 1.29 bits per heavy atom. The van der Waals surface area contributed by atoms with E-state index >= 15 is 0 Å². The van der Waals surface area contributed by atoms with E-state index < -0.39 is 5.91 Å². The van der Waals surface area contributed by atoms with E-state index in [0.29, 0.717) is 31.1 Å². The van der Waals surface area contributed by atoms with Gasteiger partial charge in [-0.25, -0.2) is 4.98 Å². The predicted molar refractivity (Wildman–Crippen MR) is 83.5 cm³/mol. The third-order valence-corrected chi connectivity index (χ3v) is 4.75. The van der Waals surface area contributed by atoms with Crippen LogP contribution in [-0.4, -0.2) is 65.5 Å². The van der Waals surface area contributed by atoms with Crippen LogP contribution in [0, 0.1) is 0 Å². The molecule has 3 heterocycles. The molecule has 0 bridgehead atoms. The molecule has 0 aromatic carbocycles. The number of nitrogens with two attached hydrogens (primary N) is 1. The number of nitrogen functional groups attached to an aromatic ring is 1. The SMILES string of the molecule is Nc1cc(N2CCSCC2(O)O)cnc1N1CCOCC1. The number of aromatic nitrogens is 1. The first-order chi connectivity index (χ1) is 10.1. The topological polar surface area (TPSA) is 95.1 Å². The largest absolute Gasteiger partial charge is 0.396 e. The molecule has 0 amide bonds. The van der Waals surface area contributed by atoms with Crippen molar-refractivity contribution in [2.24, 2.45) is 0 Å². The normalized spacial score (nSPS) is 22.4. The number of nitrogens with zero attached hydrogens (tertiary/aromatic N) is 3. The van der Waals surface area contributed by atoms with E-state index in [-0.39, 0.29) is 5.75 Å². The Hall–Kier alpha value is -1.22. The summed E-state index contributed by atoms with van der Waals surface area (Å²) in [4.78, 5) is 8.04. The first-order valence-corrected chi connectivity index (χ1v) is 8.12. The van der Waals surface area contributed by atoms with Gasteiger partial charge in [0.2, 0.25) is 0 Å². The zero-order valence-electron chi connectivity index (χ0n) is 11.7. The lowest BCUT2D eigenvalue weighted by Gasteiger charge is -2.40. The predicted octanol–water partition coefficient (Wildman–Crippen LogP) is -0.308. The Morgan fingerprint density at radius 3 is 2.71 bits per heavy atom. The highest BCUT2D eigenvalue weighted by Crippen LogP contribution is 2.32. The molecule has 3 rings (SSSR count). The van der Waals surface area contributed by atoms with Gasteiger partial charge in [0.1, 0.15) is 0 Å². The van der Waals surface area contributed by atoms with Crippen LogP contribution in [-0.2, 0) is 4.74 Å². The zero-order valence-corrected chi connectivity index (χ0v) is 12.6. The number of ether oxygens (including phenoxy) is 1. The number of aliphatic hydroxyl groups is 2. The summed E-state index contributed by atoms with van der Waals surface area (Å²) in [6, 6.07) is 1.76. The van der Waals surface area contributed by atoms with E-state index in [4.69, 9.17) is 10.5 Å². The molecule has 1 aromatic rings. The van der Waals surface area contributed by atoms with Crippen molar-refractivity contribution >= 4 is 29.0 Å². The Bertz CT molecular complexity index is 508. The van der Waals surface area contributed by atoms with Gasteiger partial charge in [-0.1, -0.05) is 0 Å². The van der Waals surface area contributed by atoms with Gasteiger partial charge in [0.05, 0.1) is 36.5 Å². The van der Waals surface area contributed by atoms with Gasteiger partial charge in [0.15, 0.2) is 5.82 Å². The van der Waals surface area contributed by atoms with Crippen LogP contribution in [0.1, 0.15) is 0 Å². The quantitative estimate of drug-likeness (QED) is 0.640. The summed E-state index contributed by atoms with van der Waals surface area (Å²) in [6.45, 7) is 3.42. The molecule has 0 radical (unpaired) electrons. The second kappa shape index (κ2) is 5.88. The number of anilines is 3. The summed E-state index contributed by atoms with van der Waals surface area (Å²) >= 11 is 1.51. The summed E-state index contributed by atoms with van der Waals surface area (Å²) in [5.41, 5.74) is 7.29. The number of rotatable bonds is 2. The molecule has 2 fully saturated rings. The van der Waals surface area contributed by atoms with E-state index in [1.165, 1.54) is 16.7 Å². The highest BCUT2D eigenvalue weighted by Gasteiger charge is 2.35. The lowest BCUT2D eigenvalue weighted by atomic mass is 10.2. The van der Waals surface area contributed by atoms with Crippen LogP contribution < -0.4 is 15.5 Å². The molecule has 4 N–H and O–H groups in total. The van der Waals surface area contributed by atoms with E-state index in [0.717, 1.165) is 24.7 Å². The fourth-order valence-electron chi connectivity index (χ4n) is 2.61. The van der Waals surface area contributed by atoms with Gasteiger partial charge in [-0.2, -0.15) is 11.8 Å². The van der Waals surface area contributed by atoms with Gasteiger partial charge in [0, 0.05) is 25.4 Å². The van der Waals surface area contributed by atoms with Gasteiger partial charge in [-0.15, -0.1) is 0 Å². The average molecular weight is 312 g/mol. The Morgan fingerprint density at radius 2 is 2.05 bits per heavy atom. The molecule has 2 saturated heterocycles. The van der Waals surface area contributed by atoms with Crippen molar-refractivity contribution in [1.82, 2.24) is 4.98 Å². The third-order valence-electron chi connectivity index (χ3n) is 3.69. The minimum atomic E-state index is -1.85. The van der Waals surface area contributed by atoms with Crippen LogP contribution in [0.15, 0.2) is 12.3 Å². The van der Waals surface area contributed by atoms with Gasteiger partial charge in [-0.05, 0) is 6.07 Å². The maximum absolute atomic E-state index is 10.1. The summed E-state index contributed by atoms with van der Waals surface area (Å²) in [5, 5.41) is 20.1. The second-order valence-electron chi connectivity index (χ2n) is 5.18. The molecular weight excluding hydrogens is 292 g/mol. The minimum absolute atomic E-state index is 0.248. The Kier molecular flexibility index (Phi) is 4.12. The van der Waals surface area contributed by atoms with Crippen LogP contribution in [0.4, 0.5) is 17.2 Å². The van der Waals surface area contributed by atoms with E-state index in [2.05, 4.69) is 9.88 Å². The molecule has 7 nitrogen and oxygen atoms in total. The highest BCUT2D eigenvalue weighted by atomic mass is 32.2. The fraction of sp³-hybridized carbons (Fsp3) is 0.615. The van der Waals surface area contributed by atoms with Crippen LogP contribution in [0.3, 0.4) is 0 Å². The van der Waals surface area contributed by atoms with E-state index in [1.54, 1.807) is 12.3 Å². The van der Waals surface area contributed by atoms with Crippen LogP contribution in [0.25, 0.3) is 0 Å². The third kappa shape index (κ3) is 3.03. The molecule has 1 aromatic heterocycles. The molecule has 0 unspecified atom stereocenters. The monoisotopic (exact) mass is 312 g/mol. The van der Waals surface area contributed by atoms with Gasteiger partial charge < -0.3 is 30.5 Å². The molecular formula is C13H20N4O3S. The number of hydrogen-bond donors (Lipinski definition) is 3. The number of morpholine rings is 1. The maximum Gasteiger partial charge on any atom is 0.256 e. The van der Waals surface area contributed by atoms with Gasteiger partial charge in [0.25, 0.3) is 5.91 Å². The zero-order chi connectivity index (χ0) is 14.9. The fourth-order valence-corrected chi connectivity index (χ4v) is 3.49. The lowest BCUT2D eigenvalue weighted by Crippen LogP contribution is -2.55. The summed E-state index contributed by atoms with van der Waals surface area (Å²) in [7, 11) is 0. The van der Waals surface area contributed by atoms with Crippen molar-refractivity contribution in [2.75, 3.05) is 59.9 Å². The molecule has 0 aliphatic carbocycles. The van der Waals surface area contributed by atoms with E-state index in [9.17, 15) is 10.2 Å². The average Bonchev–Trinajstić information content (AvgIpc) is 2.47. The van der Waals surface area contributed by atoms with Gasteiger partial charge in [-0.3, -0.25) is 0 Å². The Labute approximate surface area is 127 Å². The van der Waals surface area contributed by atoms with Crippen LogP contribution in [0.2, 0.25) is 0 Å². The minimum Gasteiger partial charge on any atom is -0.396 e. The molecule has 2 aliphatic rings. The maximum atomic E-state index is 10.1. The molecule has 0 saturated carbocycles. The molecule has 8 heteroatoms.